The number of carbonyl (C=O) groups is 1. The van der Waals surface area contributed by atoms with E-state index in [-0.39, 0.29) is 16.8 Å². The normalized spacial score (nSPS) is 21.1. The van der Waals surface area contributed by atoms with Gasteiger partial charge in [0.2, 0.25) is 15.9 Å². The van der Waals surface area contributed by atoms with Crippen molar-refractivity contribution in [3.8, 4) is 0 Å². The molecule has 150 valence electrons. The molecule has 2 N–H and O–H groups in total. The largest absolute Gasteiger partial charge is 0.343 e. The summed E-state index contributed by atoms with van der Waals surface area (Å²) in [5.74, 6) is 0.143. The summed E-state index contributed by atoms with van der Waals surface area (Å²) in [6.07, 6.45) is 5.51. The summed E-state index contributed by atoms with van der Waals surface area (Å²) < 4.78 is 27.4. The second kappa shape index (κ2) is 8.71. The number of rotatable bonds is 6. The number of sulfonamides is 1. The van der Waals surface area contributed by atoms with E-state index in [9.17, 15) is 13.2 Å². The third kappa shape index (κ3) is 5.30. The van der Waals surface area contributed by atoms with Crippen molar-refractivity contribution >= 4 is 15.9 Å². The molecule has 2 aliphatic rings. The molecule has 3 rings (SSSR count). The van der Waals surface area contributed by atoms with Gasteiger partial charge in [-0.05, 0) is 69.7 Å². The van der Waals surface area contributed by atoms with Gasteiger partial charge in [0.1, 0.15) is 0 Å². The van der Waals surface area contributed by atoms with E-state index in [2.05, 4.69) is 10.0 Å². The van der Waals surface area contributed by atoms with Gasteiger partial charge in [-0.15, -0.1) is 0 Å². The lowest BCUT2D eigenvalue weighted by atomic mass is 9.71. The van der Waals surface area contributed by atoms with Crippen molar-refractivity contribution in [2.45, 2.75) is 56.4 Å². The predicted octanol–water partition coefficient (Wildman–Crippen LogP) is 2.13. The van der Waals surface area contributed by atoms with Gasteiger partial charge in [0.25, 0.3) is 0 Å². The highest BCUT2D eigenvalue weighted by atomic mass is 32.2. The minimum Gasteiger partial charge on any atom is -0.343 e. The van der Waals surface area contributed by atoms with Gasteiger partial charge in [-0.25, -0.2) is 13.1 Å². The van der Waals surface area contributed by atoms with Crippen LogP contribution < -0.4 is 10.0 Å². The molecule has 7 heteroatoms. The summed E-state index contributed by atoms with van der Waals surface area (Å²) >= 11 is 0. The van der Waals surface area contributed by atoms with Crippen LogP contribution in [-0.4, -0.2) is 51.4 Å². The molecule has 1 spiro atoms. The Morgan fingerprint density at radius 3 is 2.41 bits per heavy atom. The average Bonchev–Trinajstić information content (AvgIpc) is 2.68. The van der Waals surface area contributed by atoms with Crippen molar-refractivity contribution in [1.29, 1.82) is 0 Å². The van der Waals surface area contributed by atoms with Crippen LogP contribution in [0.2, 0.25) is 0 Å². The predicted molar refractivity (Wildman–Crippen MR) is 106 cm³/mol. The van der Waals surface area contributed by atoms with Crippen LogP contribution >= 0.6 is 0 Å². The molecule has 2 saturated heterocycles. The molecule has 27 heavy (non-hydrogen) atoms. The smallest absolute Gasteiger partial charge is 0.240 e. The molecule has 2 fully saturated rings. The molecule has 1 atom stereocenters. The van der Waals surface area contributed by atoms with Crippen molar-refractivity contribution in [2.24, 2.45) is 5.41 Å². The number of amides is 1. The van der Waals surface area contributed by atoms with Crippen LogP contribution in [-0.2, 0) is 14.8 Å². The Morgan fingerprint density at radius 2 is 1.78 bits per heavy atom. The monoisotopic (exact) mass is 393 g/mol. The number of likely N-dealkylation sites (tertiary alicyclic amines) is 1. The van der Waals surface area contributed by atoms with Gasteiger partial charge in [-0.2, -0.15) is 0 Å². The maximum Gasteiger partial charge on any atom is 0.240 e. The first-order valence-electron chi connectivity index (χ1n) is 9.96. The Morgan fingerprint density at radius 1 is 1.15 bits per heavy atom. The minimum absolute atomic E-state index is 0.143. The fourth-order valence-corrected chi connectivity index (χ4v) is 5.48. The molecule has 2 heterocycles. The molecule has 1 unspecified atom stereocenters. The molecule has 0 saturated carbocycles. The van der Waals surface area contributed by atoms with Crippen LogP contribution in [0.3, 0.4) is 0 Å². The standard InChI is InChI=1S/C20H31N3O3S/c1-17(22-27(25,26)18-5-3-2-4-6-18)7-8-19(24)23-15-11-20(12-16-23)9-13-21-14-10-20/h2-6,17,21-22H,7-16H2,1H3. The molecule has 2 aliphatic heterocycles. The molecular formula is C20H31N3O3S. The number of nitrogens with zero attached hydrogens (tertiary/aromatic N) is 1. The first kappa shape index (κ1) is 20.3. The van der Waals surface area contributed by atoms with Crippen molar-refractivity contribution < 1.29 is 13.2 Å². The zero-order chi connectivity index (χ0) is 19.3. The van der Waals surface area contributed by atoms with E-state index >= 15 is 0 Å². The fraction of sp³-hybridized carbons (Fsp3) is 0.650. The van der Waals surface area contributed by atoms with E-state index in [4.69, 9.17) is 0 Å². The number of hydrogen-bond donors (Lipinski definition) is 2. The van der Waals surface area contributed by atoms with Gasteiger partial charge in [0, 0.05) is 25.6 Å². The lowest BCUT2D eigenvalue weighted by molar-refractivity contribution is -0.134. The Bertz CT molecular complexity index is 720. The van der Waals surface area contributed by atoms with Crippen LogP contribution in [0.1, 0.15) is 45.4 Å². The third-order valence-corrected chi connectivity index (χ3v) is 7.65. The van der Waals surface area contributed by atoms with Crippen molar-refractivity contribution in [3.63, 3.8) is 0 Å². The first-order chi connectivity index (χ1) is 12.9. The third-order valence-electron chi connectivity index (χ3n) is 6.04. The summed E-state index contributed by atoms with van der Waals surface area (Å²) in [7, 11) is -3.53. The fourth-order valence-electron chi connectivity index (χ4n) is 4.18. The Labute approximate surface area is 162 Å². The maximum absolute atomic E-state index is 12.5. The summed E-state index contributed by atoms with van der Waals surface area (Å²) in [6.45, 7) is 5.67. The Hall–Kier alpha value is -1.44. The van der Waals surface area contributed by atoms with Gasteiger partial charge in [0.05, 0.1) is 4.90 Å². The van der Waals surface area contributed by atoms with Gasteiger partial charge in [-0.1, -0.05) is 18.2 Å². The van der Waals surface area contributed by atoms with Gasteiger partial charge in [0.15, 0.2) is 0 Å². The molecule has 0 aliphatic carbocycles. The molecule has 0 bridgehead atoms. The number of hydrogen-bond acceptors (Lipinski definition) is 4. The Balaban J connectivity index is 1.44. The van der Waals surface area contributed by atoms with Gasteiger partial charge >= 0.3 is 0 Å². The van der Waals surface area contributed by atoms with Gasteiger partial charge < -0.3 is 10.2 Å². The highest BCUT2D eigenvalue weighted by Gasteiger charge is 2.36. The van der Waals surface area contributed by atoms with Crippen LogP contribution in [0, 0.1) is 5.41 Å². The lowest BCUT2D eigenvalue weighted by Gasteiger charge is -2.44. The van der Waals surface area contributed by atoms with Crippen LogP contribution in [0.4, 0.5) is 0 Å². The van der Waals surface area contributed by atoms with Crippen LogP contribution in [0.5, 0.6) is 0 Å². The quantitative estimate of drug-likeness (QED) is 0.776. The van der Waals surface area contributed by atoms with E-state index in [1.54, 1.807) is 30.3 Å². The van der Waals surface area contributed by atoms with Crippen molar-refractivity contribution in [1.82, 2.24) is 14.9 Å². The number of carbonyl (C=O) groups excluding carboxylic acids is 1. The summed E-state index contributed by atoms with van der Waals surface area (Å²) in [5.41, 5.74) is 0.431. The highest BCUT2D eigenvalue weighted by Crippen LogP contribution is 2.39. The highest BCUT2D eigenvalue weighted by molar-refractivity contribution is 7.89. The average molecular weight is 394 g/mol. The van der Waals surface area contributed by atoms with E-state index in [1.807, 2.05) is 11.8 Å². The molecule has 6 nitrogen and oxygen atoms in total. The number of nitrogens with one attached hydrogen (secondary N) is 2. The second-order valence-electron chi connectivity index (χ2n) is 8.00. The zero-order valence-corrected chi connectivity index (χ0v) is 16.9. The summed E-state index contributed by atoms with van der Waals surface area (Å²) in [5, 5.41) is 3.42. The van der Waals surface area contributed by atoms with E-state index in [0.29, 0.717) is 18.3 Å². The maximum atomic E-state index is 12.5. The van der Waals surface area contributed by atoms with E-state index in [1.165, 1.54) is 12.8 Å². The Kier molecular flexibility index (Phi) is 6.55. The van der Waals surface area contributed by atoms with Crippen molar-refractivity contribution in [3.05, 3.63) is 30.3 Å². The van der Waals surface area contributed by atoms with E-state index < -0.39 is 10.0 Å². The molecule has 1 aromatic carbocycles. The minimum atomic E-state index is -3.53. The first-order valence-corrected chi connectivity index (χ1v) is 11.4. The lowest BCUT2D eigenvalue weighted by Crippen LogP contribution is -2.47. The zero-order valence-electron chi connectivity index (χ0n) is 16.1. The SMILES string of the molecule is CC(CCC(=O)N1CCC2(CCNCC2)CC1)NS(=O)(=O)c1ccccc1. The molecule has 0 radical (unpaired) electrons. The van der Waals surface area contributed by atoms with Crippen LogP contribution in [0.15, 0.2) is 35.2 Å². The molecule has 1 amide bonds. The molecular weight excluding hydrogens is 362 g/mol. The summed E-state index contributed by atoms with van der Waals surface area (Å²) in [6, 6.07) is 8.06. The van der Waals surface area contributed by atoms with Crippen molar-refractivity contribution in [2.75, 3.05) is 26.2 Å². The number of benzene rings is 1. The molecule has 1 aromatic rings. The second-order valence-corrected chi connectivity index (χ2v) is 9.72. The summed E-state index contributed by atoms with van der Waals surface area (Å²) in [4.78, 5) is 14.8. The van der Waals surface area contributed by atoms with Gasteiger partial charge in [-0.3, -0.25) is 4.79 Å². The number of piperidine rings is 2. The van der Waals surface area contributed by atoms with E-state index in [0.717, 1.165) is 39.0 Å². The molecule has 0 aromatic heterocycles. The topological polar surface area (TPSA) is 78.5 Å². The van der Waals surface area contributed by atoms with Crippen LogP contribution in [0.25, 0.3) is 0 Å².